The van der Waals surface area contributed by atoms with Gasteiger partial charge in [0.05, 0.1) is 0 Å². The molecule has 0 saturated heterocycles. The number of hydrogen-bond acceptors (Lipinski definition) is 2. The molecule has 0 aromatic rings. The predicted molar refractivity (Wildman–Crippen MR) is 137 cm³/mol. The normalized spacial score (nSPS) is 22.3. The monoisotopic (exact) mass is 427 g/mol. The van der Waals surface area contributed by atoms with E-state index < -0.39 is 0 Å². The fraction of sp³-hybridized carbons (Fsp3) is 0.724. The molecule has 1 N–H and O–H groups in total. The molecule has 0 aliphatic heterocycles. The molecule has 0 radical (unpaired) electrons. The topological polar surface area (TPSA) is 40.9 Å². The second-order valence-corrected chi connectivity index (χ2v) is 10.2. The lowest BCUT2D eigenvalue weighted by molar-refractivity contribution is -0.111. The van der Waals surface area contributed by atoms with E-state index in [2.05, 4.69) is 66.7 Å². The van der Waals surface area contributed by atoms with Crippen LogP contribution in [-0.4, -0.2) is 12.0 Å². The van der Waals surface area contributed by atoms with Crippen LogP contribution in [0.5, 0.6) is 0 Å². The lowest BCUT2D eigenvalue weighted by Crippen LogP contribution is -2.16. The van der Waals surface area contributed by atoms with Crippen LogP contribution in [0.2, 0.25) is 0 Å². The minimum absolute atomic E-state index is 0.314. The number of rotatable bonds is 12. The summed E-state index contributed by atoms with van der Waals surface area (Å²) in [5.41, 5.74) is 5.22. The first-order chi connectivity index (χ1) is 14.7. The Hall–Kier alpha value is -1.44. The van der Waals surface area contributed by atoms with Crippen molar-refractivity contribution in [1.29, 1.82) is 5.41 Å². The minimum atomic E-state index is 0.314. The van der Waals surface area contributed by atoms with Crippen molar-refractivity contribution in [2.75, 3.05) is 0 Å². The van der Waals surface area contributed by atoms with E-state index in [1.165, 1.54) is 42.4 Å². The van der Waals surface area contributed by atoms with Gasteiger partial charge in [0.2, 0.25) is 0 Å². The Bertz CT molecular complexity index is 648. The van der Waals surface area contributed by atoms with Crippen LogP contribution in [-0.2, 0) is 4.79 Å². The molecule has 2 rings (SSSR count). The van der Waals surface area contributed by atoms with E-state index >= 15 is 0 Å². The second kappa shape index (κ2) is 14.6. The molecule has 0 aromatic carbocycles. The van der Waals surface area contributed by atoms with Crippen molar-refractivity contribution in [1.82, 2.24) is 0 Å². The predicted octanol–water partition coefficient (Wildman–Crippen LogP) is 8.73. The van der Waals surface area contributed by atoms with Crippen molar-refractivity contribution >= 4 is 12.0 Å². The number of carbonyl (C=O) groups is 1. The molecule has 0 bridgehead atoms. The quantitative estimate of drug-likeness (QED) is 0.245. The fourth-order valence-electron chi connectivity index (χ4n) is 4.65. The van der Waals surface area contributed by atoms with Crippen LogP contribution in [0.25, 0.3) is 0 Å². The molecular weight excluding hydrogens is 378 g/mol. The average Bonchev–Trinajstić information content (AvgIpc) is 3.57. The van der Waals surface area contributed by atoms with E-state index in [0.29, 0.717) is 17.8 Å². The second-order valence-electron chi connectivity index (χ2n) is 10.2. The van der Waals surface area contributed by atoms with Gasteiger partial charge in [-0.25, -0.2) is 0 Å². The zero-order chi connectivity index (χ0) is 23.4. The maximum absolute atomic E-state index is 10.4. The maximum atomic E-state index is 10.4. The smallest absolute Gasteiger partial charge is 0.123 e. The van der Waals surface area contributed by atoms with Crippen LogP contribution in [0.4, 0.5) is 0 Å². The highest BCUT2D eigenvalue weighted by Gasteiger charge is 2.26. The molecule has 2 aliphatic carbocycles. The third-order valence-corrected chi connectivity index (χ3v) is 7.16. The summed E-state index contributed by atoms with van der Waals surface area (Å²) in [5.74, 6) is 3.13. The molecule has 0 aromatic heterocycles. The van der Waals surface area contributed by atoms with Crippen LogP contribution in [0.15, 0.2) is 34.9 Å². The summed E-state index contributed by atoms with van der Waals surface area (Å²) in [7, 11) is 0. The molecular formula is C29H49NO. The van der Waals surface area contributed by atoms with Gasteiger partial charge in [-0.05, 0) is 88.0 Å². The molecule has 2 aliphatic rings. The molecule has 0 amide bonds. The Labute approximate surface area is 193 Å². The highest BCUT2D eigenvalue weighted by molar-refractivity contribution is 5.98. The summed E-state index contributed by atoms with van der Waals surface area (Å²) < 4.78 is 0. The third-order valence-electron chi connectivity index (χ3n) is 7.16. The SMILES string of the molecule is CC/C(C(=N)CCC1C(C)=CC=CC1C)=C(/C)C1CC1.CCC(C=O)CCCC(C)C. The van der Waals surface area contributed by atoms with Gasteiger partial charge in [0.15, 0.2) is 0 Å². The number of allylic oxidation sites excluding steroid dienone is 6. The lowest BCUT2D eigenvalue weighted by Gasteiger charge is -2.25. The number of hydrogen-bond donors (Lipinski definition) is 1. The van der Waals surface area contributed by atoms with Crippen LogP contribution in [0.1, 0.15) is 106 Å². The standard InChI is InChI=1S/C19H29N.C10H20O/c1-5-17(15(4)16-9-10-16)19(20)12-11-18-13(2)7-6-8-14(18)3;1-4-10(8-11)7-5-6-9(2)3/h6-8,13,16,18,20H,5,9-12H2,1-4H3;8-10H,4-7H2,1-3H3/b17-15+,20-19?;. The van der Waals surface area contributed by atoms with E-state index in [0.717, 1.165) is 55.9 Å². The molecule has 2 nitrogen and oxygen atoms in total. The van der Waals surface area contributed by atoms with Crippen molar-refractivity contribution in [2.45, 2.75) is 106 Å². The Morgan fingerprint density at radius 3 is 2.39 bits per heavy atom. The molecule has 31 heavy (non-hydrogen) atoms. The van der Waals surface area contributed by atoms with Crippen LogP contribution >= 0.6 is 0 Å². The van der Waals surface area contributed by atoms with Gasteiger partial charge in [-0.1, -0.05) is 76.8 Å². The Balaban J connectivity index is 0.000000373. The number of nitrogens with one attached hydrogen (secondary N) is 1. The fourth-order valence-corrected chi connectivity index (χ4v) is 4.65. The van der Waals surface area contributed by atoms with Gasteiger partial charge in [-0.3, -0.25) is 0 Å². The highest BCUT2D eigenvalue weighted by Crippen LogP contribution is 2.39. The van der Waals surface area contributed by atoms with Crippen molar-refractivity contribution in [2.24, 2.45) is 29.6 Å². The molecule has 3 atom stereocenters. The van der Waals surface area contributed by atoms with E-state index in [9.17, 15) is 4.79 Å². The van der Waals surface area contributed by atoms with E-state index in [-0.39, 0.29) is 0 Å². The minimum Gasteiger partial charge on any atom is -0.305 e. The number of aldehydes is 1. The Morgan fingerprint density at radius 1 is 1.23 bits per heavy atom. The first-order valence-corrected chi connectivity index (χ1v) is 12.8. The first-order valence-electron chi connectivity index (χ1n) is 12.8. The molecule has 1 fully saturated rings. The Morgan fingerprint density at radius 2 is 1.90 bits per heavy atom. The molecule has 2 heteroatoms. The van der Waals surface area contributed by atoms with E-state index in [1.54, 1.807) is 0 Å². The highest BCUT2D eigenvalue weighted by atomic mass is 16.1. The molecule has 0 spiro atoms. The average molecular weight is 428 g/mol. The largest absolute Gasteiger partial charge is 0.305 e. The summed E-state index contributed by atoms with van der Waals surface area (Å²) in [4.78, 5) is 10.4. The van der Waals surface area contributed by atoms with Crippen molar-refractivity contribution in [3.05, 3.63) is 34.9 Å². The number of carbonyl (C=O) groups excluding carboxylic acids is 1. The molecule has 1 saturated carbocycles. The van der Waals surface area contributed by atoms with Gasteiger partial charge in [0.25, 0.3) is 0 Å². The van der Waals surface area contributed by atoms with Crippen molar-refractivity contribution in [3.8, 4) is 0 Å². The third kappa shape index (κ3) is 10.1. The summed E-state index contributed by atoms with van der Waals surface area (Å²) in [6, 6.07) is 0. The van der Waals surface area contributed by atoms with Gasteiger partial charge in [-0.15, -0.1) is 0 Å². The van der Waals surface area contributed by atoms with E-state index in [1.807, 2.05) is 0 Å². The maximum Gasteiger partial charge on any atom is 0.123 e. The van der Waals surface area contributed by atoms with Gasteiger partial charge in [-0.2, -0.15) is 0 Å². The van der Waals surface area contributed by atoms with E-state index in [4.69, 9.17) is 5.41 Å². The zero-order valence-electron chi connectivity index (χ0n) is 21.5. The van der Waals surface area contributed by atoms with Gasteiger partial charge >= 0.3 is 0 Å². The van der Waals surface area contributed by atoms with Crippen LogP contribution in [0, 0.1) is 35.0 Å². The van der Waals surface area contributed by atoms with Crippen LogP contribution in [0.3, 0.4) is 0 Å². The zero-order valence-corrected chi connectivity index (χ0v) is 21.5. The first kappa shape index (κ1) is 27.6. The summed E-state index contributed by atoms with van der Waals surface area (Å²) in [5, 5.41) is 8.45. The van der Waals surface area contributed by atoms with Gasteiger partial charge in [0.1, 0.15) is 6.29 Å². The van der Waals surface area contributed by atoms with Crippen LogP contribution < -0.4 is 0 Å². The van der Waals surface area contributed by atoms with Gasteiger partial charge < -0.3 is 10.2 Å². The Kier molecular flexibility index (Phi) is 13.0. The van der Waals surface area contributed by atoms with Gasteiger partial charge in [0, 0.05) is 11.6 Å². The molecule has 0 heterocycles. The summed E-state index contributed by atoms with van der Waals surface area (Å²) in [6.07, 6.45) is 18.1. The summed E-state index contributed by atoms with van der Waals surface area (Å²) in [6.45, 7) is 15.5. The van der Waals surface area contributed by atoms with Crippen molar-refractivity contribution in [3.63, 3.8) is 0 Å². The lowest BCUT2D eigenvalue weighted by atomic mass is 9.80. The van der Waals surface area contributed by atoms with Crippen molar-refractivity contribution < 1.29 is 4.79 Å². The molecule has 3 unspecified atom stereocenters. The molecule has 176 valence electrons. The summed E-state index contributed by atoms with van der Waals surface area (Å²) >= 11 is 0.